The molecule has 4 heteroatoms. The van der Waals surface area contributed by atoms with Gasteiger partial charge in [0.05, 0.1) is 17.4 Å². The van der Waals surface area contributed by atoms with Gasteiger partial charge in [-0.25, -0.2) is 4.98 Å². The minimum Gasteiger partial charge on any atom is -0.361 e. The van der Waals surface area contributed by atoms with Gasteiger partial charge in [0.15, 0.2) is 0 Å². The number of aryl methyl sites for hydroxylation is 2. The summed E-state index contributed by atoms with van der Waals surface area (Å²) >= 11 is 1.78. The van der Waals surface area contributed by atoms with Crippen molar-refractivity contribution in [2.45, 2.75) is 33.7 Å². The molecule has 3 nitrogen and oxygen atoms in total. The maximum absolute atomic E-state index is 4.54. The van der Waals surface area contributed by atoms with Crippen LogP contribution >= 0.6 is 11.3 Å². The first-order chi connectivity index (χ1) is 8.58. The van der Waals surface area contributed by atoms with Crippen molar-refractivity contribution in [2.24, 2.45) is 5.92 Å². The number of anilines is 1. The van der Waals surface area contributed by atoms with E-state index in [-0.39, 0.29) is 0 Å². The number of aromatic nitrogens is 2. The lowest BCUT2D eigenvalue weighted by Gasteiger charge is -2.22. The summed E-state index contributed by atoms with van der Waals surface area (Å²) in [7, 11) is 0. The molecule has 0 aromatic carbocycles. The molecule has 0 aliphatic rings. The molecule has 1 unspecified atom stereocenters. The molecule has 1 N–H and O–H groups in total. The molecule has 0 bridgehead atoms. The summed E-state index contributed by atoms with van der Waals surface area (Å²) in [5.74, 6) is 1.40. The summed E-state index contributed by atoms with van der Waals surface area (Å²) < 4.78 is 0. The molecule has 2 aromatic rings. The molecule has 0 spiro atoms. The van der Waals surface area contributed by atoms with E-state index in [1.165, 1.54) is 4.88 Å². The van der Waals surface area contributed by atoms with Crippen molar-refractivity contribution in [1.82, 2.24) is 9.97 Å². The van der Waals surface area contributed by atoms with E-state index in [0.717, 1.165) is 17.2 Å². The molecular formula is C14H19N3S. The van der Waals surface area contributed by atoms with E-state index in [2.05, 4.69) is 46.6 Å². The quantitative estimate of drug-likeness (QED) is 0.905. The van der Waals surface area contributed by atoms with Gasteiger partial charge in [-0.3, -0.25) is 4.98 Å². The molecule has 0 amide bonds. The maximum atomic E-state index is 4.54. The van der Waals surface area contributed by atoms with Crippen LogP contribution in [0.25, 0.3) is 0 Å². The third-order valence-corrected chi connectivity index (χ3v) is 3.84. The number of hydrogen-bond donors (Lipinski definition) is 1. The Bertz CT molecular complexity index is 506. The van der Waals surface area contributed by atoms with Crippen LogP contribution in [0.1, 0.15) is 36.2 Å². The van der Waals surface area contributed by atoms with Gasteiger partial charge in [-0.2, -0.15) is 0 Å². The lowest BCUT2D eigenvalue weighted by molar-refractivity contribution is 0.551. The predicted molar refractivity (Wildman–Crippen MR) is 77.0 cm³/mol. The predicted octanol–water partition coefficient (Wildman–Crippen LogP) is 3.96. The van der Waals surface area contributed by atoms with Gasteiger partial charge in [-0.1, -0.05) is 19.9 Å². The molecule has 2 aromatic heterocycles. The lowest BCUT2D eigenvalue weighted by Crippen LogP contribution is -2.17. The molecule has 0 fully saturated rings. The third-order valence-electron chi connectivity index (χ3n) is 2.88. The summed E-state index contributed by atoms with van der Waals surface area (Å²) in [5.41, 5.74) is 1.89. The number of rotatable bonds is 4. The largest absolute Gasteiger partial charge is 0.361 e. The topological polar surface area (TPSA) is 37.8 Å². The van der Waals surface area contributed by atoms with Gasteiger partial charge in [0.1, 0.15) is 5.82 Å². The highest BCUT2D eigenvalue weighted by Gasteiger charge is 2.18. The highest BCUT2D eigenvalue weighted by atomic mass is 32.1. The maximum Gasteiger partial charge on any atom is 0.148 e. The average Bonchev–Trinajstić information content (AvgIpc) is 2.83. The molecule has 1 atom stereocenters. The van der Waals surface area contributed by atoms with E-state index < -0.39 is 0 Å². The summed E-state index contributed by atoms with van der Waals surface area (Å²) in [6.07, 6.45) is 1.80. The number of thiophene rings is 1. The third kappa shape index (κ3) is 2.88. The van der Waals surface area contributed by atoms with Crippen molar-refractivity contribution in [3.05, 3.63) is 40.0 Å². The van der Waals surface area contributed by atoms with Crippen LogP contribution in [0.3, 0.4) is 0 Å². The summed E-state index contributed by atoms with van der Waals surface area (Å²) in [6.45, 7) is 8.39. The highest BCUT2D eigenvalue weighted by Crippen LogP contribution is 2.29. The summed E-state index contributed by atoms with van der Waals surface area (Å²) in [4.78, 5) is 10.2. The Morgan fingerprint density at radius 3 is 2.67 bits per heavy atom. The normalized spacial score (nSPS) is 12.7. The zero-order valence-corrected chi connectivity index (χ0v) is 12.1. The van der Waals surface area contributed by atoms with Crippen LogP contribution in [0.15, 0.2) is 23.7 Å². The second kappa shape index (κ2) is 5.48. The van der Waals surface area contributed by atoms with Crippen LogP contribution in [0.5, 0.6) is 0 Å². The molecule has 0 saturated heterocycles. The SMILES string of the molecule is Cc1cnc(C)c(NC(c2cccs2)C(C)C)n1. The van der Waals surface area contributed by atoms with Crippen molar-refractivity contribution < 1.29 is 0 Å². The average molecular weight is 261 g/mol. The van der Waals surface area contributed by atoms with E-state index in [4.69, 9.17) is 0 Å². The molecular weight excluding hydrogens is 242 g/mol. The van der Waals surface area contributed by atoms with Gasteiger partial charge < -0.3 is 5.32 Å². The summed E-state index contributed by atoms with van der Waals surface area (Å²) in [6, 6.07) is 4.55. The van der Waals surface area contributed by atoms with E-state index in [1.807, 2.05) is 13.8 Å². The fourth-order valence-electron chi connectivity index (χ4n) is 1.86. The van der Waals surface area contributed by atoms with Crippen molar-refractivity contribution in [3.63, 3.8) is 0 Å². The Kier molecular flexibility index (Phi) is 3.97. The minimum atomic E-state index is 0.291. The van der Waals surface area contributed by atoms with Crippen LogP contribution in [0.2, 0.25) is 0 Å². The molecule has 96 valence electrons. The number of hydrogen-bond acceptors (Lipinski definition) is 4. The number of nitrogens with one attached hydrogen (secondary N) is 1. The first-order valence-electron chi connectivity index (χ1n) is 6.18. The van der Waals surface area contributed by atoms with Crippen LogP contribution in [0, 0.1) is 19.8 Å². The van der Waals surface area contributed by atoms with Crippen LogP contribution < -0.4 is 5.32 Å². The lowest BCUT2D eigenvalue weighted by atomic mass is 10.0. The zero-order chi connectivity index (χ0) is 13.1. The van der Waals surface area contributed by atoms with Gasteiger partial charge in [-0.15, -0.1) is 11.3 Å². The Balaban J connectivity index is 2.27. The smallest absolute Gasteiger partial charge is 0.148 e. The van der Waals surface area contributed by atoms with Crippen LogP contribution in [-0.4, -0.2) is 9.97 Å². The molecule has 0 aliphatic carbocycles. The van der Waals surface area contributed by atoms with Crippen LogP contribution in [0.4, 0.5) is 5.82 Å². The Morgan fingerprint density at radius 2 is 2.06 bits per heavy atom. The fourth-order valence-corrected chi connectivity index (χ4v) is 2.81. The first kappa shape index (κ1) is 13.0. The van der Waals surface area contributed by atoms with Gasteiger partial charge >= 0.3 is 0 Å². The molecule has 0 saturated carbocycles. The fraction of sp³-hybridized carbons (Fsp3) is 0.429. The molecule has 0 radical (unpaired) electrons. The second-order valence-electron chi connectivity index (χ2n) is 4.83. The van der Waals surface area contributed by atoms with Crippen LogP contribution in [-0.2, 0) is 0 Å². The van der Waals surface area contributed by atoms with Gasteiger partial charge in [0, 0.05) is 11.1 Å². The van der Waals surface area contributed by atoms with E-state index in [1.54, 1.807) is 17.5 Å². The molecule has 18 heavy (non-hydrogen) atoms. The van der Waals surface area contributed by atoms with Crippen molar-refractivity contribution in [2.75, 3.05) is 5.32 Å². The number of nitrogens with zero attached hydrogens (tertiary/aromatic N) is 2. The molecule has 0 aliphatic heterocycles. The minimum absolute atomic E-state index is 0.291. The van der Waals surface area contributed by atoms with Gasteiger partial charge in [0.25, 0.3) is 0 Å². The Hall–Kier alpha value is -1.42. The molecule has 2 heterocycles. The first-order valence-corrected chi connectivity index (χ1v) is 7.06. The van der Waals surface area contributed by atoms with Gasteiger partial charge in [0.2, 0.25) is 0 Å². The zero-order valence-electron chi connectivity index (χ0n) is 11.3. The van der Waals surface area contributed by atoms with E-state index in [9.17, 15) is 0 Å². The van der Waals surface area contributed by atoms with E-state index in [0.29, 0.717) is 12.0 Å². The highest BCUT2D eigenvalue weighted by molar-refractivity contribution is 7.10. The standard InChI is InChI=1S/C14H19N3S/c1-9(2)13(12-6-5-7-18-12)17-14-11(4)15-8-10(3)16-14/h5-9,13H,1-4H3,(H,16,17). The Labute approximate surface area is 112 Å². The van der Waals surface area contributed by atoms with E-state index >= 15 is 0 Å². The monoisotopic (exact) mass is 261 g/mol. The second-order valence-corrected chi connectivity index (χ2v) is 5.81. The van der Waals surface area contributed by atoms with Crippen molar-refractivity contribution in [1.29, 1.82) is 0 Å². The van der Waals surface area contributed by atoms with Crippen molar-refractivity contribution >= 4 is 17.2 Å². The Morgan fingerprint density at radius 1 is 1.28 bits per heavy atom. The van der Waals surface area contributed by atoms with Gasteiger partial charge in [-0.05, 0) is 31.2 Å². The molecule has 2 rings (SSSR count). The van der Waals surface area contributed by atoms with Crippen molar-refractivity contribution in [3.8, 4) is 0 Å². The summed E-state index contributed by atoms with van der Waals surface area (Å²) in [5, 5.41) is 5.64.